The van der Waals surface area contributed by atoms with Crippen LogP contribution in [0.3, 0.4) is 0 Å². The SMILES string of the molecule is O=C1C[C@@H](N2CCC(Cc3ccccc3)CC2)C(=O)N1c1cccc2ccccc12. The molecule has 0 aromatic heterocycles. The van der Waals surface area contributed by atoms with E-state index in [4.69, 9.17) is 0 Å². The highest BCUT2D eigenvalue weighted by molar-refractivity contribution is 6.25. The number of nitrogens with zero attached hydrogens (tertiary/aromatic N) is 2. The number of fused-ring (bicyclic) bond motifs is 1. The third-order valence-electron chi connectivity index (χ3n) is 6.59. The molecule has 0 aliphatic carbocycles. The fourth-order valence-electron chi connectivity index (χ4n) is 4.97. The van der Waals surface area contributed by atoms with Gasteiger partial charge in [0.15, 0.2) is 0 Å². The minimum atomic E-state index is -0.325. The first-order valence-corrected chi connectivity index (χ1v) is 10.8. The highest BCUT2D eigenvalue weighted by Gasteiger charge is 2.43. The van der Waals surface area contributed by atoms with Crippen molar-refractivity contribution >= 4 is 28.3 Å². The van der Waals surface area contributed by atoms with E-state index in [0.717, 1.165) is 43.1 Å². The van der Waals surface area contributed by atoms with Crippen molar-refractivity contribution in [3.8, 4) is 0 Å². The summed E-state index contributed by atoms with van der Waals surface area (Å²) in [7, 11) is 0. The number of anilines is 1. The zero-order valence-electron chi connectivity index (χ0n) is 17.0. The van der Waals surface area contributed by atoms with Gasteiger partial charge in [-0.05, 0) is 55.3 Å². The summed E-state index contributed by atoms with van der Waals surface area (Å²) in [6, 6.07) is 24.0. The lowest BCUT2D eigenvalue weighted by atomic mass is 9.89. The molecule has 4 nitrogen and oxygen atoms in total. The van der Waals surface area contributed by atoms with Gasteiger partial charge in [-0.15, -0.1) is 0 Å². The Bertz CT molecular complexity index is 1070. The van der Waals surface area contributed by atoms with Gasteiger partial charge >= 0.3 is 0 Å². The summed E-state index contributed by atoms with van der Waals surface area (Å²) >= 11 is 0. The van der Waals surface area contributed by atoms with Gasteiger partial charge < -0.3 is 0 Å². The normalized spacial score (nSPS) is 20.9. The summed E-state index contributed by atoms with van der Waals surface area (Å²) in [5.74, 6) is 0.482. The highest BCUT2D eigenvalue weighted by Crippen LogP contribution is 2.33. The molecule has 0 unspecified atom stereocenters. The van der Waals surface area contributed by atoms with Crippen molar-refractivity contribution < 1.29 is 9.59 Å². The van der Waals surface area contributed by atoms with E-state index in [1.165, 1.54) is 10.5 Å². The van der Waals surface area contributed by atoms with E-state index in [1.807, 2.05) is 42.5 Å². The average molecular weight is 399 g/mol. The minimum absolute atomic E-state index is 0.0714. The molecule has 0 saturated carbocycles. The maximum absolute atomic E-state index is 13.3. The zero-order valence-corrected chi connectivity index (χ0v) is 17.0. The van der Waals surface area contributed by atoms with E-state index in [-0.39, 0.29) is 24.3 Å². The highest BCUT2D eigenvalue weighted by atomic mass is 16.2. The minimum Gasteiger partial charge on any atom is -0.292 e. The van der Waals surface area contributed by atoms with Gasteiger partial charge in [-0.3, -0.25) is 14.5 Å². The number of piperidine rings is 1. The fourth-order valence-corrected chi connectivity index (χ4v) is 4.97. The van der Waals surface area contributed by atoms with Gasteiger partial charge in [-0.2, -0.15) is 0 Å². The molecule has 0 radical (unpaired) electrons. The summed E-state index contributed by atoms with van der Waals surface area (Å²) in [5, 5.41) is 1.99. The van der Waals surface area contributed by atoms with Crippen LogP contribution in [0.15, 0.2) is 72.8 Å². The van der Waals surface area contributed by atoms with Crippen molar-refractivity contribution in [3.05, 3.63) is 78.4 Å². The van der Waals surface area contributed by atoms with Crippen molar-refractivity contribution in [2.75, 3.05) is 18.0 Å². The number of benzene rings is 3. The second-order valence-corrected chi connectivity index (χ2v) is 8.45. The molecule has 0 bridgehead atoms. The summed E-state index contributed by atoms with van der Waals surface area (Å²) in [4.78, 5) is 29.8. The van der Waals surface area contributed by atoms with Gasteiger partial charge in [0.1, 0.15) is 0 Å². The van der Waals surface area contributed by atoms with Crippen LogP contribution in [0.1, 0.15) is 24.8 Å². The largest absolute Gasteiger partial charge is 0.292 e. The van der Waals surface area contributed by atoms with E-state index in [2.05, 4.69) is 35.2 Å². The molecule has 2 aliphatic rings. The third-order valence-corrected chi connectivity index (χ3v) is 6.59. The van der Waals surface area contributed by atoms with Crippen LogP contribution in [0.2, 0.25) is 0 Å². The Kier molecular flexibility index (Phi) is 5.09. The number of amides is 2. The van der Waals surface area contributed by atoms with E-state index in [0.29, 0.717) is 11.6 Å². The average Bonchev–Trinajstić information content (AvgIpc) is 3.08. The third kappa shape index (κ3) is 3.52. The molecule has 2 fully saturated rings. The number of rotatable bonds is 4. The van der Waals surface area contributed by atoms with E-state index in [9.17, 15) is 9.59 Å². The van der Waals surface area contributed by atoms with Crippen molar-refractivity contribution in [1.29, 1.82) is 0 Å². The van der Waals surface area contributed by atoms with Crippen LogP contribution in [0, 0.1) is 5.92 Å². The number of carbonyl (C=O) groups is 2. The fraction of sp³-hybridized carbons (Fsp3) is 0.308. The zero-order chi connectivity index (χ0) is 20.5. The van der Waals surface area contributed by atoms with E-state index >= 15 is 0 Å². The molecule has 2 amide bonds. The molecule has 30 heavy (non-hydrogen) atoms. The summed E-state index contributed by atoms with van der Waals surface area (Å²) in [6.45, 7) is 1.76. The second-order valence-electron chi connectivity index (χ2n) is 8.45. The van der Waals surface area contributed by atoms with E-state index < -0.39 is 0 Å². The Morgan fingerprint density at radius 1 is 0.800 bits per heavy atom. The molecule has 3 aromatic carbocycles. The molecule has 5 rings (SSSR count). The summed E-state index contributed by atoms with van der Waals surface area (Å²) < 4.78 is 0. The number of hydrogen-bond acceptors (Lipinski definition) is 3. The summed E-state index contributed by atoms with van der Waals surface area (Å²) in [5.41, 5.74) is 2.09. The summed E-state index contributed by atoms with van der Waals surface area (Å²) in [6.07, 6.45) is 3.52. The van der Waals surface area contributed by atoms with E-state index in [1.54, 1.807) is 0 Å². The molecular formula is C26H26N2O2. The first-order valence-electron chi connectivity index (χ1n) is 10.8. The Hall–Kier alpha value is -2.98. The lowest BCUT2D eigenvalue weighted by Crippen LogP contribution is -2.46. The van der Waals surface area contributed by atoms with Crippen molar-refractivity contribution in [3.63, 3.8) is 0 Å². The molecule has 1 atom stereocenters. The lowest BCUT2D eigenvalue weighted by molar-refractivity contribution is -0.123. The predicted octanol–water partition coefficient (Wildman–Crippen LogP) is 4.43. The molecule has 2 aliphatic heterocycles. The van der Waals surface area contributed by atoms with Gasteiger partial charge in [0.2, 0.25) is 5.91 Å². The lowest BCUT2D eigenvalue weighted by Gasteiger charge is -2.34. The predicted molar refractivity (Wildman–Crippen MR) is 119 cm³/mol. The Labute approximate surface area is 177 Å². The quantitative estimate of drug-likeness (QED) is 0.611. The number of carbonyl (C=O) groups excluding carboxylic acids is 2. The van der Waals surface area contributed by atoms with Crippen LogP contribution in [0.5, 0.6) is 0 Å². The topological polar surface area (TPSA) is 40.6 Å². The molecule has 2 heterocycles. The van der Waals surface area contributed by atoms with Gasteiger partial charge in [0.25, 0.3) is 5.91 Å². The van der Waals surface area contributed by atoms with Crippen LogP contribution >= 0.6 is 0 Å². The van der Waals surface area contributed by atoms with Crippen LogP contribution in [-0.4, -0.2) is 35.8 Å². The van der Waals surface area contributed by atoms with Crippen LogP contribution in [-0.2, 0) is 16.0 Å². The molecule has 0 spiro atoms. The molecule has 2 saturated heterocycles. The second kappa shape index (κ2) is 8.04. The van der Waals surface area contributed by atoms with Gasteiger partial charge in [-0.1, -0.05) is 66.7 Å². The number of likely N-dealkylation sites (tertiary alicyclic amines) is 1. The Balaban J connectivity index is 1.29. The molecule has 152 valence electrons. The number of imide groups is 1. The Morgan fingerprint density at radius 2 is 1.50 bits per heavy atom. The molecule has 3 aromatic rings. The van der Waals surface area contributed by atoms with Gasteiger partial charge in [-0.25, -0.2) is 4.90 Å². The van der Waals surface area contributed by atoms with Gasteiger partial charge in [0.05, 0.1) is 18.2 Å². The first kappa shape index (κ1) is 19.0. The standard InChI is InChI=1S/C26H26N2O2/c29-25-18-24(27-15-13-20(14-16-27)17-19-7-2-1-3-8-19)26(30)28(25)23-12-6-10-21-9-4-5-11-22(21)23/h1-12,20,24H,13-18H2/t24-/m1/s1. The maximum Gasteiger partial charge on any atom is 0.251 e. The maximum atomic E-state index is 13.3. The molecule has 4 heteroatoms. The number of hydrogen-bond donors (Lipinski definition) is 0. The van der Waals surface area contributed by atoms with Crippen LogP contribution < -0.4 is 4.90 Å². The van der Waals surface area contributed by atoms with Crippen LogP contribution in [0.4, 0.5) is 5.69 Å². The monoisotopic (exact) mass is 398 g/mol. The van der Waals surface area contributed by atoms with Crippen molar-refractivity contribution in [2.24, 2.45) is 5.92 Å². The molecule has 0 N–H and O–H groups in total. The first-order chi connectivity index (χ1) is 14.7. The van der Waals surface area contributed by atoms with Crippen molar-refractivity contribution in [2.45, 2.75) is 31.7 Å². The molecular weight excluding hydrogens is 372 g/mol. The van der Waals surface area contributed by atoms with Crippen molar-refractivity contribution in [1.82, 2.24) is 4.90 Å². The smallest absolute Gasteiger partial charge is 0.251 e. The van der Waals surface area contributed by atoms with Gasteiger partial charge in [0, 0.05) is 5.39 Å². The van der Waals surface area contributed by atoms with Crippen LogP contribution in [0.25, 0.3) is 10.8 Å². The Morgan fingerprint density at radius 3 is 2.30 bits per heavy atom.